The van der Waals surface area contributed by atoms with E-state index < -0.39 is 0 Å². The van der Waals surface area contributed by atoms with Gasteiger partial charge in [0.25, 0.3) is 0 Å². The summed E-state index contributed by atoms with van der Waals surface area (Å²) in [5.74, 6) is 1.65. The Morgan fingerprint density at radius 3 is 2.66 bits per heavy atom. The van der Waals surface area contributed by atoms with Crippen LogP contribution in [0.15, 0.2) is 70.5 Å². The monoisotopic (exact) mass is 509 g/mol. The van der Waals surface area contributed by atoms with Crippen LogP contribution < -0.4 is 10.6 Å². The Morgan fingerprint density at radius 2 is 1.97 bits per heavy atom. The molecular formula is C21H28IN5O2. The number of nitrogens with zero attached hydrogens (tertiary/aromatic N) is 3. The Morgan fingerprint density at radius 1 is 1.14 bits per heavy atom. The van der Waals surface area contributed by atoms with Gasteiger partial charge in [-0.3, -0.25) is 4.99 Å². The Kier molecular flexibility index (Phi) is 10.3. The van der Waals surface area contributed by atoms with Crippen LogP contribution in [0.2, 0.25) is 0 Å². The fourth-order valence-corrected chi connectivity index (χ4v) is 2.73. The van der Waals surface area contributed by atoms with Crippen molar-refractivity contribution in [3.05, 3.63) is 72.4 Å². The molecule has 0 aliphatic heterocycles. The largest absolute Gasteiger partial charge is 0.467 e. The summed E-state index contributed by atoms with van der Waals surface area (Å²) in [7, 11) is 1.78. The van der Waals surface area contributed by atoms with Crippen molar-refractivity contribution in [1.82, 2.24) is 20.4 Å². The zero-order valence-electron chi connectivity index (χ0n) is 16.6. The standard InChI is InChI=1S/C21H27N5O2.HI/c1-22-21(23-11-4-15-27-17-20-5-2-16-28-20)24-13-10-18-6-8-19(9-7-18)26-14-3-12-25-26;/h2-3,5-9,12,14,16H,4,10-11,13,15,17H2,1H3,(H2,22,23,24);1H. The summed E-state index contributed by atoms with van der Waals surface area (Å²) in [5.41, 5.74) is 2.33. The number of nitrogens with one attached hydrogen (secondary N) is 2. The first-order valence-corrected chi connectivity index (χ1v) is 9.49. The van der Waals surface area contributed by atoms with Crippen LogP contribution in [-0.2, 0) is 17.8 Å². The molecule has 0 aliphatic rings. The Labute approximate surface area is 188 Å². The lowest BCUT2D eigenvalue weighted by Crippen LogP contribution is -2.39. The average Bonchev–Trinajstić information content (AvgIpc) is 3.44. The van der Waals surface area contributed by atoms with E-state index in [-0.39, 0.29) is 24.0 Å². The minimum absolute atomic E-state index is 0. The van der Waals surface area contributed by atoms with E-state index in [0.29, 0.717) is 13.2 Å². The van der Waals surface area contributed by atoms with E-state index >= 15 is 0 Å². The summed E-state index contributed by atoms with van der Waals surface area (Å²) in [6, 6.07) is 14.1. The SMILES string of the molecule is CN=C(NCCCOCc1ccco1)NCCc1ccc(-n2cccn2)cc1.I. The van der Waals surface area contributed by atoms with Gasteiger partial charge in [-0.05, 0) is 48.7 Å². The van der Waals surface area contributed by atoms with Crippen molar-refractivity contribution >= 4 is 29.9 Å². The fourth-order valence-electron chi connectivity index (χ4n) is 2.73. The van der Waals surface area contributed by atoms with Crippen molar-refractivity contribution < 1.29 is 9.15 Å². The van der Waals surface area contributed by atoms with Gasteiger partial charge in [-0.1, -0.05) is 12.1 Å². The number of aromatic nitrogens is 2. The van der Waals surface area contributed by atoms with Gasteiger partial charge in [-0.2, -0.15) is 5.10 Å². The number of hydrogen-bond donors (Lipinski definition) is 2. The van der Waals surface area contributed by atoms with Crippen LogP contribution in [0.4, 0.5) is 0 Å². The first kappa shape index (κ1) is 23.0. The van der Waals surface area contributed by atoms with Gasteiger partial charge in [0.2, 0.25) is 0 Å². The molecule has 8 heteroatoms. The molecule has 3 rings (SSSR count). The number of benzene rings is 1. The molecule has 2 aromatic heterocycles. The number of rotatable bonds is 10. The minimum Gasteiger partial charge on any atom is -0.467 e. The third kappa shape index (κ3) is 7.90. The van der Waals surface area contributed by atoms with Crippen molar-refractivity contribution in [2.45, 2.75) is 19.4 Å². The first-order valence-electron chi connectivity index (χ1n) is 9.49. The van der Waals surface area contributed by atoms with Crippen LogP contribution in [0.25, 0.3) is 5.69 Å². The lowest BCUT2D eigenvalue weighted by atomic mass is 10.1. The first-order chi connectivity index (χ1) is 13.8. The molecule has 29 heavy (non-hydrogen) atoms. The Balaban J connectivity index is 0.00000300. The average molecular weight is 509 g/mol. The number of halogens is 1. The summed E-state index contributed by atoms with van der Waals surface area (Å²) < 4.78 is 12.6. The lowest BCUT2D eigenvalue weighted by Gasteiger charge is -2.12. The molecule has 0 unspecified atom stereocenters. The highest BCUT2D eigenvalue weighted by molar-refractivity contribution is 14.0. The topological polar surface area (TPSA) is 76.6 Å². The van der Waals surface area contributed by atoms with E-state index in [9.17, 15) is 0 Å². The molecule has 1 aromatic carbocycles. The molecule has 0 amide bonds. The molecule has 7 nitrogen and oxygen atoms in total. The predicted molar refractivity (Wildman–Crippen MR) is 125 cm³/mol. The molecule has 0 atom stereocenters. The molecule has 0 spiro atoms. The van der Waals surface area contributed by atoms with E-state index in [1.54, 1.807) is 19.5 Å². The van der Waals surface area contributed by atoms with Crippen LogP contribution in [0.5, 0.6) is 0 Å². The molecule has 0 saturated heterocycles. The van der Waals surface area contributed by atoms with Gasteiger partial charge >= 0.3 is 0 Å². The molecule has 156 valence electrons. The smallest absolute Gasteiger partial charge is 0.190 e. The molecule has 0 aliphatic carbocycles. The maximum absolute atomic E-state index is 5.57. The molecule has 2 N–H and O–H groups in total. The zero-order chi connectivity index (χ0) is 19.4. The molecular weight excluding hydrogens is 481 g/mol. The van der Waals surface area contributed by atoms with E-state index in [0.717, 1.165) is 43.3 Å². The van der Waals surface area contributed by atoms with E-state index in [1.807, 2.05) is 29.1 Å². The highest BCUT2D eigenvalue weighted by atomic mass is 127. The van der Waals surface area contributed by atoms with Gasteiger partial charge in [0.1, 0.15) is 12.4 Å². The van der Waals surface area contributed by atoms with E-state index in [2.05, 4.69) is 45.0 Å². The summed E-state index contributed by atoms with van der Waals surface area (Å²) in [6.45, 7) is 2.80. The maximum atomic E-state index is 5.57. The third-order valence-electron chi connectivity index (χ3n) is 4.22. The highest BCUT2D eigenvalue weighted by Gasteiger charge is 2.00. The van der Waals surface area contributed by atoms with E-state index in [1.165, 1.54) is 5.56 Å². The van der Waals surface area contributed by atoms with Crippen LogP contribution in [0, 0.1) is 0 Å². The number of furan rings is 1. The second-order valence-corrected chi connectivity index (χ2v) is 6.28. The number of hydrogen-bond acceptors (Lipinski definition) is 4. The Hall–Kier alpha value is -2.33. The van der Waals surface area contributed by atoms with Crippen molar-refractivity contribution in [2.75, 3.05) is 26.7 Å². The second-order valence-electron chi connectivity index (χ2n) is 6.28. The summed E-state index contributed by atoms with van der Waals surface area (Å²) in [4.78, 5) is 4.25. The van der Waals surface area contributed by atoms with Gasteiger partial charge in [0.15, 0.2) is 5.96 Å². The fraction of sp³-hybridized carbons (Fsp3) is 0.333. The normalized spacial score (nSPS) is 11.1. The van der Waals surface area contributed by atoms with Gasteiger partial charge < -0.3 is 19.8 Å². The molecule has 2 heterocycles. The van der Waals surface area contributed by atoms with Crippen LogP contribution in [0.3, 0.4) is 0 Å². The summed E-state index contributed by atoms with van der Waals surface area (Å²) >= 11 is 0. The molecule has 0 radical (unpaired) electrons. The maximum Gasteiger partial charge on any atom is 0.190 e. The lowest BCUT2D eigenvalue weighted by molar-refractivity contribution is 0.105. The van der Waals surface area contributed by atoms with Crippen molar-refractivity contribution in [3.63, 3.8) is 0 Å². The second kappa shape index (κ2) is 13.0. The van der Waals surface area contributed by atoms with Crippen LogP contribution in [-0.4, -0.2) is 42.5 Å². The van der Waals surface area contributed by atoms with Crippen molar-refractivity contribution in [2.24, 2.45) is 4.99 Å². The van der Waals surface area contributed by atoms with Crippen molar-refractivity contribution in [1.29, 1.82) is 0 Å². The summed E-state index contributed by atoms with van der Waals surface area (Å²) in [5, 5.41) is 10.9. The van der Waals surface area contributed by atoms with E-state index in [4.69, 9.17) is 9.15 Å². The van der Waals surface area contributed by atoms with Crippen molar-refractivity contribution in [3.8, 4) is 5.69 Å². The molecule has 0 saturated carbocycles. The van der Waals surface area contributed by atoms with Crippen LogP contribution >= 0.6 is 24.0 Å². The van der Waals surface area contributed by atoms with Gasteiger partial charge in [-0.25, -0.2) is 4.68 Å². The van der Waals surface area contributed by atoms with Crippen LogP contribution in [0.1, 0.15) is 17.7 Å². The Bertz CT molecular complexity index is 817. The van der Waals surface area contributed by atoms with Gasteiger partial charge in [0.05, 0.1) is 12.0 Å². The number of guanidine groups is 1. The van der Waals surface area contributed by atoms with Gasteiger partial charge in [-0.15, -0.1) is 24.0 Å². The zero-order valence-corrected chi connectivity index (χ0v) is 18.9. The molecule has 0 fully saturated rings. The third-order valence-corrected chi connectivity index (χ3v) is 4.22. The number of aliphatic imine (C=N–C) groups is 1. The highest BCUT2D eigenvalue weighted by Crippen LogP contribution is 2.08. The minimum atomic E-state index is 0. The number of ether oxygens (including phenoxy) is 1. The molecule has 0 bridgehead atoms. The summed E-state index contributed by atoms with van der Waals surface area (Å²) in [6.07, 6.45) is 7.20. The molecule has 3 aromatic rings. The predicted octanol–water partition coefficient (Wildman–Crippen LogP) is 3.40. The van der Waals surface area contributed by atoms with Gasteiger partial charge in [0, 0.05) is 39.1 Å². The quantitative estimate of drug-likeness (QED) is 0.190.